The quantitative estimate of drug-likeness (QED) is 0.887. The smallest absolute Gasteiger partial charge is 0.258 e. The van der Waals surface area contributed by atoms with Crippen molar-refractivity contribution in [1.82, 2.24) is 5.32 Å². The van der Waals surface area contributed by atoms with Gasteiger partial charge in [0.25, 0.3) is 5.91 Å². The zero-order chi connectivity index (χ0) is 16.8. The molecule has 1 amide bonds. The van der Waals surface area contributed by atoms with Crippen LogP contribution < -0.4 is 14.8 Å². The SMILES string of the molecule is COc1ccc([C@@H](C)NC(=O)COc2ccc(C)c(C)c2)cc1. The number of nitrogens with one attached hydrogen (secondary N) is 1. The topological polar surface area (TPSA) is 47.6 Å². The first-order chi connectivity index (χ1) is 11.0. The van der Waals surface area contributed by atoms with Crippen molar-refractivity contribution in [2.24, 2.45) is 0 Å². The van der Waals surface area contributed by atoms with Gasteiger partial charge in [-0.2, -0.15) is 0 Å². The monoisotopic (exact) mass is 313 g/mol. The molecular formula is C19H23NO3. The van der Waals surface area contributed by atoms with Crippen LogP contribution in [0.5, 0.6) is 11.5 Å². The number of benzene rings is 2. The van der Waals surface area contributed by atoms with Gasteiger partial charge in [-0.3, -0.25) is 4.79 Å². The Labute approximate surface area is 137 Å². The Bertz CT molecular complexity index is 665. The Balaban J connectivity index is 1.86. The lowest BCUT2D eigenvalue weighted by Crippen LogP contribution is -2.31. The molecule has 0 radical (unpaired) electrons. The van der Waals surface area contributed by atoms with Gasteiger partial charge in [-0.25, -0.2) is 0 Å². The molecule has 2 aromatic carbocycles. The third-order valence-electron chi connectivity index (χ3n) is 3.84. The highest BCUT2D eigenvalue weighted by molar-refractivity contribution is 5.78. The van der Waals surface area contributed by atoms with Crippen LogP contribution in [0.2, 0.25) is 0 Å². The minimum atomic E-state index is -0.147. The molecule has 0 aliphatic rings. The summed E-state index contributed by atoms with van der Waals surface area (Å²) >= 11 is 0. The maximum Gasteiger partial charge on any atom is 0.258 e. The number of ether oxygens (including phenoxy) is 2. The first kappa shape index (κ1) is 16.9. The van der Waals surface area contributed by atoms with Gasteiger partial charge in [-0.05, 0) is 61.7 Å². The van der Waals surface area contributed by atoms with Crippen LogP contribution in [0.3, 0.4) is 0 Å². The van der Waals surface area contributed by atoms with Crippen LogP contribution in [-0.4, -0.2) is 19.6 Å². The Morgan fingerprint density at radius 1 is 1.04 bits per heavy atom. The third-order valence-corrected chi connectivity index (χ3v) is 3.84. The van der Waals surface area contributed by atoms with Crippen molar-refractivity contribution in [1.29, 1.82) is 0 Å². The van der Waals surface area contributed by atoms with Crippen molar-refractivity contribution < 1.29 is 14.3 Å². The summed E-state index contributed by atoms with van der Waals surface area (Å²) in [5.41, 5.74) is 3.37. The summed E-state index contributed by atoms with van der Waals surface area (Å²) in [7, 11) is 1.63. The number of hydrogen-bond acceptors (Lipinski definition) is 3. The summed E-state index contributed by atoms with van der Waals surface area (Å²) in [5, 5.41) is 2.93. The van der Waals surface area contributed by atoms with Gasteiger partial charge in [0.15, 0.2) is 6.61 Å². The van der Waals surface area contributed by atoms with Gasteiger partial charge >= 0.3 is 0 Å². The van der Waals surface area contributed by atoms with E-state index >= 15 is 0 Å². The molecule has 0 saturated carbocycles. The van der Waals surface area contributed by atoms with E-state index in [1.807, 2.05) is 63.2 Å². The molecule has 0 heterocycles. The molecule has 0 spiro atoms. The summed E-state index contributed by atoms with van der Waals surface area (Å²) in [5.74, 6) is 1.36. The zero-order valence-electron chi connectivity index (χ0n) is 14.1. The number of carbonyl (C=O) groups is 1. The number of hydrogen-bond donors (Lipinski definition) is 1. The maximum absolute atomic E-state index is 12.0. The summed E-state index contributed by atoms with van der Waals surface area (Å²) in [6.07, 6.45) is 0. The average molecular weight is 313 g/mol. The van der Waals surface area contributed by atoms with Crippen LogP contribution in [0.1, 0.15) is 29.7 Å². The van der Waals surface area contributed by atoms with Crippen LogP contribution in [0.15, 0.2) is 42.5 Å². The second-order valence-electron chi connectivity index (χ2n) is 5.60. The fraction of sp³-hybridized carbons (Fsp3) is 0.316. The van der Waals surface area contributed by atoms with E-state index in [2.05, 4.69) is 5.32 Å². The molecule has 122 valence electrons. The minimum absolute atomic E-state index is 0.00297. The molecular weight excluding hydrogens is 290 g/mol. The van der Waals surface area contributed by atoms with Gasteiger partial charge in [-0.15, -0.1) is 0 Å². The van der Waals surface area contributed by atoms with E-state index in [0.29, 0.717) is 5.75 Å². The van der Waals surface area contributed by atoms with Gasteiger partial charge < -0.3 is 14.8 Å². The number of carbonyl (C=O) groups excluding carboxylic acids is 1. The van der Waals surface area contributed by atoms with Crippen molar-refractivity contribution in [3.05, 3.63) is 59.2 Å². The lowest BCUT2D eigenvalue weighted by atomic mass is 10.1. The molecule has 0 saturated heterocycles. The van der Waals surface area contributed by atoms with Crippen LogP contribution in [0.25, 0.3) is 0 Å². The van der Waals surface area contributed by atoms with E-state index in [-0.39, 0.29) is 18.6 Å². The number of rotatable bonds is 6. The fourth-order valence-corrected chi connectivity index (χ4v) is 2.21. The Hall–Kier alpha value is -2.49. The van der Waals surface area contributed by atoms with Crippen molar-refractivity contribution in [2.75, 3.05) is 13.7 Å². The summed E-state index contributed by atoms with van der Waals surface area (Å²) in [4.78, 5) is 12.0. The van der Waals surface area contributed by atoms with E-state index in [4.69, 9.17) is 9.47 Å². The van der Waals surface area contributed by atoms with Crippen LogP contribution in [-0.2, 0) is 4.79 Å². The average Bonchev–Trinajstić information content (AvgIpc) is 2.56. The van der Waals surface area contributed by atoms with Crippen LogP contribution >= 0.6 is 0 Å². The van der Waals surface area contributed by atoms with E-state index in [0.717, 1.165) is 16.9 Å². The number of methoxy groups -OCH3 is 1. The maximum atomic E-state index is 12.0. The molecule has 2 rings (SSSR count). The molecule has 1 atom stereocenters. The summed E-state index contributed by atoms with van der Waals surface area (Å²) in [6, 6.07) is 13.4. The lowest BCUT2D eigenvalue weighted by molar-refractivity contribution is -0.123. The highest BCUT2D eigenvalue weighted by Crippen LogP contribution is 2.18. The van der Waals surface area contributed by atoms with Gasteiger partial charge in [-0.1, -0.05) is 18.2 Å². The second-order valence-corrected chi connectivity index (χ2v) is 5.60. The zero-order valence-corrected chi connectivity index (χ0v) is 14.1. The highest BCUT2D eigenvalue weighted by atomic mass is 16.5. The summed E-state index contributed by atoms with van der Waals surface area (Å²) in [6.45, 7) is 6.01. The number of aryl methyl sites for hydroxylation is 2. The Morgan fingerprint density at radius 2 is 1.70 bits per heavy atom. The lowest BCUT2D eigenvalue weighted by Gasteiger charge is -2.15. The van der Waals surface area contributed by atoms with Gasteiger partial charge in [0.05, 0.1) is 13.2 Å². The number of amides is 1. The van der Waals surface area contributed by atoms with Crippen LogP contribution in [0, 0.1) is 13.8 Å². The molecule has 4 nitrogen and oxygen atoms in total. The van der Waals surface area contributed by atoms with E-state index < -0.39 is 0 Å². The van der Waals surface area contributed by atoms with Gasteiger partial charge in [0, 0.05) is 0 Å². The van der Waals surface area contributed by atoms with E-state index in [1.165, 1.54) is 5.56 Å². The largest absolute Gasteiger partial charge is 0.497 e. The van der Waals surface area contributed by atoms with E-state index in [1.54, 1.807) is 7.11 Å². The minimum Gasteiger partial charge on any atom is -0.497 e. The molecule has 0 aromatic heterocycles. The summed E-state index contributed by atoms with van der Waals surface area (Å²) < 4.78 is 10.7. The molecule has 0 fully saturated rings. The van der Waals surface area contributed by atoms with Crippen molar-refractivity contribution in [3.8, 4) is 11.5 Å². The molecule has 0 aliphatic carbocycles. The molecule has 23 heavy (non-hydrogen) atoms. The predicted molar refractivity (Wildman–Crippen MR) is 91.0 cm³/mol. The third kappa shape index (κ3) is 4.74. The standard InChI is InChI=1S/C19H23NO3/c1-13-5-8-18(11-14(13)2)23-12-19(21)20-15(3)16-6-9-17(22-4)10-7-16/h5-11,15H,12H2,1-4H3,(H,20,21)/t15-/m1/s1. The first-order valence-electron chi connectivity index (χ1n) is 7.63. The molecule has 0 aliphatic heterocycles. The molecule has 2 aromatic rings. The van der Waals surface area contributed by atoms with E-state index in [9.17, 15) is 4.79 Å². The molecule has 0 unspecified atom stereocenters. The van der Waals surface area contributed by atoms with Gasteiger partial charge in [0.1, 0.15) is 11.5 Å². The molecule has 0 bridgehead atoms. The van der Waals surface area contributed by atoms with Crippen molar-refractivity contribution >= 4 is 5.91 Å². The Morgan fingerprint density at radius 3 is 2.30 bits per heavy atom. The normalized spacial score (nSPS) is 11.7. The highest BCUT2D eigenvalue weighted by Gasteiger charge is 2.10. The van der Waals surface area contributed by atoms with Gasteiger partial charge in [0.2, 0.25) is 0 Å². The molecule has 1 N–H and O–H groups in total. The fourth-order valence-electron chi connectivity index (χ4n) is 2.21. The Kier molecular flexibility index (Phi) is 5.63. The molecule has 4 heteroatoms. The van der Waals surface area contributed by atoms with Crippen molar-refractivity contribution in [3.63, 3.8) is 0 Å². The predicted octanol–water partition coefficient (Wildman–Crippen LogP) is 3.57. The van der Waals surface area contributed by atoms with Crippen LogP contribution in [0.4, 0.5) is 0 Å². The first-order valence-corrected chi connectivity index (χ1v) is 7.63. The second kappa shape index (κ2) is 7.68. The van der Waals surface area contributed by atoms with Crippen molar-refractivity contribution in [2.45, 2.75) is 26.8 Å².